The molecule has 0 spiro atoms. The van der Waals surface area contributed by atoms with Gasteiger partial charge in [0, 0.05) is 10.4 Å². The van der Waals surface area contributed by atoms with E-state index < -0.39 is 0 Å². The zero-order valence-corrected chi connectivity index (χ0v) is 10.5. The van der Waals surface area contributed by atoms with Crippen molar-refractivity contribution in [1.29, 1.82) is 0 Å². The van der Waals surface area contributed by atoms with Gasteiger partial charge in [0.1, 0.15) is 5.75 Å². The van der Waals surface area contributed by atoms with Crippen molar-refractivity contribution in [3.05, 3.63) is 28.6 Å². The second kappa shape index (κ2) is 4.04. The summed E-state index contributed by atoms with van der Waals surface area (Å²) in [5.74, 6) is 0.943. The second-order valence-electron chi connectivity index (χ2n) is 4.08. The zero-order valence-electron chi connectivity index (χ0n) is 9.69. The Bertz CT molecular complexity index is 563. The quantitative estimate of drug-likeness (QED) is 0.886. The fourth-order valence-corrected chi connectivity index (χ4v) is 3.11. The van der Waals surface area contributed by atoms with Gasteiger partial charge in [-0.1, -0.05) is 0 Å². The van der Waals surface area contributed by atoms with Gasteiger partial charge in [-0.2, -0.15) is 0 Å². The predicted molar refractivity (Wildman–Crippen MR) is 70.5 cm³/mol. The second-order valence-corrected chi connectivity index (χ2v) is 5.19. The van der Waals surface area contributed by atoms with Gasteiger partial charge in [-0.3, -0.25) is 0 Å². The van der Waals surface area contributed by atoms with Crippen LogP contribution in [0.25, 0.3) is 11.3 Å². The summed E-state index contributed by atoms with van der Waals surface area (Å²) in [6, 6.07) is 6.22. The van der Waals surface area contributed by atoms with Crippen LogP contribution in [0.5, 0.6) is 5.75 Å². The van der Waals surface area contributed by atoms with Gasteiger partial charge in [0.2, 0.25) is 0 Å². The molecule has 1 aromatic heterocycles. The number of nitrogens with two attached hydrogens (primary N) is 1. The van der Waals surface area contributed by atoms with E-state index in [1.165, 1.54) is 16.0 Å². The average molecular weight is 246 g/mol. The number of hydrogen-bond donors (Lipinski definition) is 1. The third-order valence-corrected chi connectivity index (χ3v) is 3.92. The third kappa shape index (κ3) is 1.78. The van der Waals surface area contributed by atoms with Crippen LogP contribution < -0.4 is 10.5 Å². The maximum absolute atomic E-state index is 5.78. The average Bonchev–Trinajstić information content (AvgIpc) is 2.70. The fraction of sp³-hybridized carbons (Fsp3) is 0.308. The van der Waals surface area contributed by atoms with Crippen LogP contribution in [-0.4, -0.2) is 11.6 Å². The highest BCUT2D eigenvalue weighted by molar-refractivity contribution is 7.15. The van der Waals surface area contributed by atoms with Crippen molar-refractivity contribution in [3.8, 4) is 17.0 Å². The molecule has 1 heterocycles. The molecule has 0 atom stereocenters. The highest BCUT2D eigenvalue weighted by Gasteiger charge is 2.20. The Labute approximate surface area is 104 Å². The first-order valence-electron chi connectivity index (χ1n) is 5.79. The van der Waals surface area contributed by atoms with Crippen molar-refractivity contribution in [1.82, 2.24) is 4.98 Å². The van der Waals surface area contributed by atoms with Gasteiger partial charge in [-0.15, -0.1) is 11.3 Å². The summed E-state index contributed by atoms with van der Waals surface area (Å²) in [7, 11) is 0. The number of anilines is 1. The lowest BCUT2D eigenvalue weighted by molar-refractivity contribution is 0.340. The summed E-state index contributed by atoms with van der Waals surface area (Å²) in [6.07, 6.45) is 2.08. The molecule has 1 aliphatic carbocycles. The van der Waals surface area contributed by atoms with E-state index in [1.807, 2.05) is 13.0 Å². The summed E-state index contributed by atoms with van der Waals surface area (Å²) in [5.41, 5.74) is 9.37. The van der Waals surface area contributed by atoms with Crippen LogP contribution in [0.1, 0.15) is 17.4 Å². The minimum atomic E-state index is 0.664. The van der Waals surface area contributed by atoms with Crippen LogP contribution in [0.2, 0.25) is 0 Å². The minimum absolute atomic E-state index is 0.664. The van der Waals surface area contributed by atoms with E-state index in [4.69, 9.17) is 10.5 Å². The Morgan fingerprint density at radius 1 is 1.41 bits per heavy atom. The number of thiazole rings is 1. The van der Waals surface area contributed by atoms with Crippen molar-refractivity contribution in [2.75, 3.05) is 12.3 Å². The van der Waals surface area contributed by atoms with E-state index >= 15 is 0 Å². The van der Waals surface area contributed by atoms with E-state index in [1.54, 1.807) is 11.3 Å². The summed E-state index contributed by atoms with van der Waals surface area (Å²) < 4.78 is 5.52. The fourth-order valence-electron chi connectivity index (χ4n) is 2.26. The zero-order chi connectivity index (χ0) is 11.8. The van der Waals surface area contributed by atoms with Crippen LogP contribution in [0.4, 0.5) is 5.13 Å². The topological polar surface area (TPSA) is 48.1 Å². The Morgan fingerprint density at radius 2 is 2.29 bits per heavy atom. The number of nitrogen functional groups attached to an aromatic ring is 1. The Balaban J connectivity index is 2.07. The molecule has 0 radical (unpaired) electrons. The first kappa shape index (κ1) is 10.6. The van der Waals surface area contributed by atoms with Crippen LogP contribution in [0, 0.1) is 0 Å². The molecule has 1 aliphatic rings. The number of ether oxygens (including phenoxy) is 1. The number of hydrogen-bond acceptors (Lipinski definition) is 4. The number of rotatable bonds is 2. The van der Waals surface area contributed by atoms with Crippen LogP contribution in [-0.2, 0) is 12.8 Å². The molecule has 3 rings (SSSR count). The van der Waals surface area contributed by atoms with Crippen LogP contribution >= 0.6 is 11.3 Å². The van der Waals surface area contributed by atoms with Crippen LogP contribution in [0.15, 0.2) is 18.2 Å². The first-order chi connectivity index (χ1) is 8.28. The highest BCUT2D eigenvalue weighted by Crippen LogP contribution is 2.38. The maximum Gasteiger partial charge on any atom is 0.180 e. The maximum atomic E-state index is 5.78. The largest absolute Gasteiger partial charge is 0.494 e. The highest BCUT2D eigenvalue weighted by atomic mass is 32.1. The lowest BCUT2D eigenvalue weighted by Gasteiger charge is -2.16. The van der Waals surface area contributed by atoms with Crippen molar-refractivity contribution in [2.24, 2.45) is 0 Å². The number of aryl methyl sites for hydroxylation is 2. The van der Waals surface area contributed by atoms with Crippen molar-refractivity contribution in [2.45, 2.75) is 19.8 Å². The molecule has 17 heavy (non-hydrogen) atoms. The van der Waals surface area contributed by atoms with Gasteiger partial charge in [0.05, 0.1) is 12.3 Å². The lowest BCUT2D eigenvalue weighted by Crippen LogP contribution is -2.03. The van der Waals surface area contributed by atoms with Gasteiger partial charge in [0.25, 0.3) is 0 Å². The molecule has 0 unspecified atom stereocenters. The van der Waals surface area contributed by atoms with Gasteiger partial charge in [-0.05, 0) is 43.5 Å². The predicted octanol–water partition coefficient (Wildman–Crippen LogP) is 2.89. The van der Waals surface area contributed by atoms with E-state index in [0.717, 1.165) is 24.3 Å². The van der Waals surface area contributed by atoms with Gasteiger partial charge >= 0.3 is 0 Å². The Morgan fingerprint density at radius 3 is 3.12 bits per heavy atom. The number of aromatic nitrogens is 1. The summed E-state index contributed by atoms with van der Waals surface area (Å²) in [5, 5.41) is 0.664. The van der Waals surface area contributed by atoms with E-state index in [-0.39, 0.29) is 0 Å². The minimum Gasteiger partial charge on any atom is -0.494 e. The summed E-state index contributed by atoms with van der Waals surface area (Å²) in [6.45, 7) is 2.70. The molecule has 0 aliphatic heterocycles. The van der Waals surface area contributed by atoms with Gasteiger partial charge in [-0.25, -0.2) is 4.98 Å². The van der Waals surface area contributed by atoms with E-state index in [9.17, 15) is 0 Å². The standard InChI is InChI=1S/C13H14N2OS/c1-2-16-9-4-5-10-8(7-9)3-6-11-12(10)15-13(14)17-11/h4-5,7H,2-3,6H2,1H3,(H2,14,15). The molecule has 3 nitrogen and oxygen atoms in total. The summed E-state index contributed by atoms with van der Waals surface area (Å²) in [4.78, 5) is 5.73. The molecule has 0 amide bonds. The molecule has 0 saturated heterocycles. The number of fused-ring (bicyclic) bond motifs is 3. The number of benzene rings is 1. The molecule has 1 aromatic carbocycles. The molecule has 2 aromatic rings. The first-order valence-corrected chi connectivity index (χ1v) is 6.61. The van der Waals surface area contributed by atoms with Crippen molar-refractivity contribution >= 4 is 16.5 Å². The molecule has 2 N–H and O–H groups in total. The van der Waals surface area contributed by atoms with Crippen molar-refractivity contribution in [3.63, 3.8) is 0 Å². The molecule has 0 fully saturated rings. The molecule has 4 heteroatoms. The Kier molecular flexibility index (Phi) is 2.52. The molecule has 88 valence electrons. The monoisotopic (exact) mass is 246 g/mol. The van der Waals surface area contributed by atoms with E-state index in [0.29, 0.717) is 11.7 Å². The SMILES string of the molecule is CCOc1ccc2c(c1)CCc1sc(N)nc1-2. The molecular formula is C13H14N2OS. The van der Waals surface area contributed by atoms with Gasteiger partial charge < -0.3 is 10.5 Å². The van der Waals surface area contributed by atoms with Gasteiger partial charge in [0.15, 0.2) is 5.13 Å². The smallest absolute Gasteiger partial charge is 0.180 e. The number of nitrogens with zero attached hydrogens (tertiary/aromatic N) is 1. The summed E-state index contributed by atoms with van der Waals surface area (Å²) >= 11 is 1.60. The Hall–Kier alpha value is -1.55. The normalized spacial score (nSPS) is 13.0. The van der Waals surface area contributed by atoms with Crippen LogP contribution in [0.3, 0.4) is 0 Å². The molecule has 0 saturated carbocycles. The lowest BCUT2D eigenvalue weighted by atomic mass is 9.93. The molecular weight excluding hydrogens is 232 g/mol. The van der Waals surface area contributed by atoms with Crippen molar-refractivity contribution < 1.29 is 4.74 Å². The molecule has 0 bridgehead atoms. The third-order valence-electron chi connectivity index (χ3n) is 2.98. The van der Waals surface area contributed by atoms with E-state index in [2.05, 4.69) is 17.1 Å².